The molecule has 2 atom stereocenters. The Labute approximate surface area is 73.7 Å². The number of rotatable bonds is 5. The van der Waals surface area contributed by atoms with E-state index in [-0.39, 0.29) is 6.04 Å². The summed E-state index contributed by atoms with van der Waals surface area (Å²) in [7, 11) is 0. The lowest BCUT2D eigenvalue weighted by atomic mass is 9.97. The topological polar surface area (TPSA) is 78.5 Å². The summed E-state index contributed by atoms with van der Waals surface area (Å²) in [5, 5.41) is 17.9. The van der Waals surface area contributed by atoms with Gasteiger partial charge in [0.25, 0.3) is 0 Å². The summed E-state index contributed by atoms with van der Waals surface area (Å²) in [6, 6.07) is -0.0837. The molecule has 0 radical (unpaired) electrons. The fraction of sp³-hybridized carbons (Fsp3) is 1.00. The normalized spacial score (nSPS) is 19.2. The molecule has 0 aliphatic heterocycles. The van der Waals surface area contributed by atoms with Crippen LogP contribution in [0.3, 0.4) is 0 Å². The van der Waals surface area contributed by atoms with Gasteiger partial charge >= 0.3 is 0 Å². The second kappa shape index (κ2) is 4.77. The minimum atomic E-state index is -1.27. The monoisotopic (exact) mass is 176 g/mol. The van der Waals surface area contributed by atoms with Crippen LogP contribution in [-0.2, 0) is 0 Å². The number of nitrogens with one attached hydrogen (secondary N) is 1. The van der Waals surface area contributed by atoms with Crippen LogP contribution in [0.15, 0.2) is 0 Å². The molecular formula is C8H20N2O2. The van der Waals surface area contributed by atoms with Crippen LogP contribution in [0.1, 0.15) is 33.6 Å². The predicted octanol–water partition coefficient (Wildman–Crippen LogP) is 0.437. The summed E-state index contributed by atoms with van der Waals surface area (Å²) >= 11 is 0. The van der Waals surface area contributed by atoms with Crippen LogP contribution in [0, 0.1) is 5.92 Å². The predicted molar refractivity (Wildman–Crippen MR) is 47.6 cm³/mol. The van der Waals surface area contributed by atoms with Crippen molar-refractivity contribution in [2.24, 2.45) is 11.7 Å². The third-order valence-electron chi connectivity index (χ3n) is 1.67. The number of nitrogens with two attached hydrogens (primary N) is 1. The number of hydrogen-bond donors (Lipinski definition) is 4. The van der Waals surface area contributed by atoms with E-state index in [1.54, 1.807) is 0 Å². The quantitative estimate of drug-likeness (QED) is 0.362. The van der Waals surface area contributed by atoms with E-state index in [0.717, 1.165) is 6.42 Å². The first-order chi connectivity index (χ1) is 5.37. The zero-order valence-corrected chi connectivity index (χ0v) is 8.04. The summed E-state index contributed by atoms with van der Waals surface area (Å²) in [5.74, 6) is 0.509. The maximum atomic E-state index is 9.37. The molecule has 0 aliphatic carbocycles. The lowest BCUT2D eigenvalue weighted by molar-refractivity contribution is -0.0887. The van der Waals surface area contributed by atoms with Crippen molar-refractivity contribution in [3.05, 3.63) is 0 Å². The van der Waals surface area contributed by atoms with Gasteiger partial charge in [0.2, 0.25) is 0 Å². The van der Waals surface area contributed by atoms with E-state index in [4.69, 9.17) is 10.9 Å². The highest BCUT2D eigenvalue weighted by atomic mass is 16.5. The minimum Gasteiger partial charge on any atom is -0.374 e. The minimum absolute atomic E-state index is 0.0837. The van der Waals surface area contributed by atoms with Gasteiger partial charge in [0.05, 0.1) is 0 Å². The molecule has 5 N–H and O–H groups in total. The molecular weight excluding hydrogens is 156 g/mol. The first-order valence-corrected chi connectivity index (χ1v) is 4.26. The van der Waals surface area contributed by atoms with Gasteiger partial charge in [0.1, 0.15) is 5.72 Å². The van der Waals surface area contributed by atoms with Crippen LogP contribution < -0.4 is 11.2 Å². The third-order valence-corrected chi connectivity index (χ3v) is 1.67. The fourth-order valence-electron chi connectivity index (χ4n) is 1.25. The summed E-state index contributed by atoms with van der Waals surface area (Å²) in [5.41, 5.74) is 6.28. The average molecular weight is 176 g/mol. The van der Waals surface area contributed by atoms with Crippen LogP contribution in [0.4, 0.5) is 0 Å². The average Bonchev–Trinajstić information content (AvgIpc) is 1.84. The van der Waals surface area contributed by atoms with Crippen LogP contribution in [0.5, 0.6) is 0 Å². The highest BCUT2D eigenvalue weighted by Gasteiger charge is 2.22. The van der Waals surface area contributed by atoms with Gasteiger partial charge in [-0.05, 0) is 19.3 Å². The van der Waals surface area contributed by atoms with Crippen molar-refractivity contribution in [1.82, 2.24) is 5.48 Å². The molecule has 0 aliphatic rings. The van der Waals surface area contributed by atoms with E-state index in [2.05, 4.69) is 13.8 Å². The second-order valence-corrected chi connectivity index (χ2v) is 3.98. The Morgan fingerprint density at radius 2 is 2.00 bits per heavy atom. The summed E-state index contributed by atoms with van der Waals surface area (Å²) in [6.45, 7) is 5.63. The molecule has 4 nitrogen and oxygen atoms in total. The van der Waals surface area contributed by atoms with Crippen LogP contribution in [0.2, 0.25) is 0 Å². The van der Waals surface area contributed by atoms with E-state index in [1.807, 2.05) is 5.48 Å². The van der Waals surface area contributed by atoms with Crippen molar-refractivity contribution in [3.63, 3.8) is 0 Å². The number of hydroxylamine groups is 1. The van der Waals surface area contributed by atoms with Crippen LogP contribution in [0.25, 0.3) is 0 Å². The van der Waals surface area contributed by atoms with Gasteiger partial charge in [-0.2, -0.15) is 5.48 Å². The largest absolute Gasteiger partial charge is 0.374 e. The Kier molecular flexibility index (Phi) is 4.70. The van der Waals surface area contributed by atoms with Crippen LogP contribution >= 0.6 is 0 Å². The van der Waals surface area contributed by atoms with Crippen molar-refractivity contribution in [2.75, 3.05) is 0 Å². The molecule has 0 bridgehead atoms. The zero-order chi connectivity index (χ0) is 9.78. The Balaban J connectivity index is 3.75. The Morgan fingerprint density at radius 3 is 2.33 bits per heavy atom. The van der Waals surface area contributed by atoms with Crippen molar-refractivity contribution >= 4 is 0 Å². The summed E-state index contributed by atoms with van der Waals surface area (Å²) < 4.78 is 0. The molecule has 0 amide bonds. The van der Waals surface area contributed by atoms with Crippen molar-refractivity contribution in [1.29, 1.82) is 0 Å². The maximum Gasteiger partial charge on any atom is 0.136 e. The summed E-state index contributed by atoms with van der Waals surface area (Å²) in [6.07, 6.45) is 1.19. The van der Waals surface area contributed by atoms with E-state index in [9.17, 15) is 5.11 Å². The standard InChI is InChI=1S/C8H20N2O2/c1-6(2)4-7(9)5-8(3,11)10-12/h6-7,10-12H,4-5,9H2,1-3H3. The molecule has 0 heterocycles. The molecule has 0 spiro atoms. The van der Waals surface area contributed by atoms with Crippen molar-refractivity contribution < 1.29 is 10.3 Å². The highest BCUT2D eigenvalue weighted by molar-refractivity contribution is 4.74. The van der Waals surface area contributed by atoms with E-state index in [1.165, 1.54) is 6.92 Å². The van der Waals surface area contributed by atoms with Gasteiger partial charge in [-0.3, -0.25) is 0 Å². The molecule has 2 unspecified atom stereocenters. The highest BCUT2D eigenvalue weighted by Crippen LogP contribution is 2.12. The molecule has 12 heavy (non-hydrogen) atoms. The maximum absolute atomic E-state index is 9.37. The molecule has 0 fully saturated rings. The smallest absolute Gasteiger partial charge is 0.136 e. The molecule has 0 aromatic carbocycles. The number of hydrogen-bond acceptors (Lipinski definition) is 4. The van der Waals surface area contributed by atoms with Gasteiger partial charge in [-0.25, -0.2) is 0 Å². The first-order valence-electron chi connectivity index (χ1n) is 4.26. The van der Waals surface area contributed by atoms with Gasteiger partial charge in [0.15, 0.2) is 0 Å². The Hall–Kier alpha value is -0.160. The molecule has 0 rings (SSSR count). The molecule has 0 saturated heterocycles. The first kappa shape index (κ1) is 11.8. The van der Waals surface area contributed by atoms with Gasteiger partial charge in [0, 0.05) is 12.5 Å². The lowest BCUT2D eigenvalue weighted by Crippen LogP contribution is -2.45. The van der Waals surface area contributed by atoms with E-state index < -0.39 is 5.72 Å². The molecule has 0 saturated carbocycles. The van der Waals surface area contributed by atoms with E-state index >= 15 is 0 Å². The van der Waals surface area contributed by atoms with Gasteiger partial charge in [-0.15, -0.1) is 0 Å². The van der Waals surface area contributed by atoms with Gasteiger partial charge in [-0.1, -0.05) is 13.8 Å². The summed E-state index contributed by atoms with van der Waals surface area (Å²) in [4.78, 5) is 0. The fourth-order valence-corrected chi connectivity index (χ4v) is 1.25. The Bertz CT molecular complexity index is 126. The lowest BCUT2D eigenvalue weighted by Gasteiger charge is -2.25. The van der Waals surface area contributed by atoms with Crippen molar-refractivity contribution in [2.45, 2.75) is 45.4 Å². The van der Waals surface area contributed by atoms with E-state index in [0.29, 0.717) is 12.3 Å². The van der Waals surface area contributed by atoms with Gasteiger partial charge < -0.3 is 16.0 Å². The molecule has 0 aromatic rings. The molecule has 0 aromatic heterocycles. The van der Waals surface area contributed by atoms with Crippen LogP contribution in [-0.4, -0.2) is 22.1 Å². The number of aliphatic hydroxyl groups is 1. The van der Waals surface area contributed by atoms with Crippen molar-refractivity contribution in [3.8, 4) is 0 Å². The zero-order valence-electron chi connectivity index (χ0n) is 8.04. The second-order valence-electron chi connectivity index (χ2n) is 3.98. The SMILES string of the molecule is CC(C)CC(N)CC(C)(O)NO. The molecule has 4 heteroatoms. The Morgan fingerprint density at radius 1 is 1.50 bits per heavy atom. The third kappa shape index (κ3) is 5.49. The molecule has 74 valence electrons.